The summed E-state index contributed by atoms with van der Waals surface area (Å²) in [6, 6.07) is 11.1. The highest BCUT2D eigenvalue weighted by Gasteiger charge is 2.22. The summed E-state index contributed by atoms with van der Waals surface area (Å²) in [7, 11) is 1.34. The van der Waals surface area contributed by atoms with E-state index in [1.54, 1.807) is 6.07 Å². The number of benzene rings is 2. The van der Waals surface area contributed by atoms with Crippen molar-refractivity contribution in [1.29, 1.82) is 0 Å². The average molecular weight is 387 g/mol. The summed E-state index contributed by atoms with van der Waals surface area (Å²) in [6.07, 6.45) is 11.9. The predicted molar refractivity (Wildman–Crippen MR) is 112 cm³/mol. The quantitative estimate of drug-likeness (QED) is 0.419. The highest BCUT2D eigenvalue weighted by molar-refractivity contribution is 5.65. The van der Waals surface area contributed by atoms with E-state index in [0.717, 1.165) is 5.92 Å². The fraction of sp³-hybridized carbons (Fsp3) is 0.520. The molecular formula is C25H32F2O. The third-order valence-electron chi connectivity index (χ3n) is 6.27. The SMILES string of the molecule is CCCCCCC1CCC(c2ccc(-c3ccc(OC)c(F)c3F)cc2)CC1. The molecule has 0 amide bonds. The first kappa shape index (κ1) is 20.8. The summed E-state index contributed by atoms with van der Waals surface area (Å²) < 4.78 is 33.2. The molecule has 0 saturated heterocycles. The fourth-order valence-corrected chi connectivity index (χ4v) is 4.49. The smallest absolute Gasteiger partial charge is 0.201 e. The van der Waals surface area contributed by atoms with Crippen molar-refractivity contribution in [2.75, 3.05) is 7.11 Å². The van der Waals surface area contributed by atoms with Gasteiger partial charge >= 0.3 is 0 Å². The van der Waals surface area contributed by atoms with E-state index in [1.807, 2.05) is 12.1 Å². The standard InChI is InChI=1S/C25H32F2O/c1-3-4-5-6-7-18-8-10-19(11-9-18)20-12-14-21(15-13-20)22-16-17-23(28-2)25(27)24(22)26/h12-19H,3-11H2,1-2H3. The second kappa shape index (κ2) is 10.0. The number of unbranched alkanes of at least 4 members (excludes halogenated alkanes) is 3. The summed E-state index contributed by atoms with van der Waals surface area (Å²) in [5.41, 5.74) is 2.30. The van der Waals surface area contributed by atoms with Crippen LogP contribution in [0.15, 0.2) is 36.4 Å². The molecule has 3 heteroatoms. The Kier molecular flexibility index (Phi) is 7.47. The zero-order valence-electron chi connectivity index (χ0n) is 17.1. The molecule has 0 aliphatic heterocycles. The zero-order chi connectivity index (χ0) is 19.9. The van der Waals surface area contributed by atoms with Gasteiger partial charge < -0.3 is 4.74 Å². The topological polar surface area (TPSA) is 9.23 Å². The maximum Gasteiger partial charge on any atom is 0.201 e. The van der Waals surface area contributed by atoms with Gasteiger partial charge in [0.1, 0.15) is 0 Å². The summed E-state index contributed by atoms with van der Waals surface area (Å²) in [4.78, 5) is 0. The maximum absolute atomic E-state index is 14.3. The average Bonchev–Trinajstić information content (AvgIpc) is 2.74. The minimum absolute atomic E-state index is 0.0654. The van der Waals surface area contributed by atoms with Crippen molar-refractivity contribution >= 4 is 0 Å². The molecule has 1 aliphatic rings. The Hall–Kier alpha value is -1.90. The minimum Gasteiger partial charge on any atom is -0.494 e. The van der Waals surface area contributed by atoms with Gasteiger partial charge in [0, 0.05) is 5.56 Å². The lowest BCUT2D eigenvalue weighted by atomic mass is 9.77. The minimum atomic E-state index is -0.929. The summed E-state index contributed by atoms with van der Waals surface area (Å²) in [6.45, 7) is 2.26. The molecule has 0 N–H and O–H groups in total. The second-order valence-corrected chi connectivity index (χ2v) is 8.13. The van der Waals surface area contributed by atoms with E-state index in [2.05, 4.69) is 19.1 Å². The van der Waals surface area contributed by atoms with Gasteiger partial charge in [0.15, 0.2) is 11.6 Å². The molecule has 28 heavy (non-hydrogen) atoms. The van der Waals surface area contributed by atoms with Crippen LogP contribution < -0.4 is 4.74 Å². The van der Waals surface area contributed by atoms with Crippen LogP contribution in [0.2, 0.25) is 0 Å². The van der Waals surface area contributed by atoms with Crippen LogP contribution >= 0.6 is 0 Å². The van der Waals surface area contributed by atoms with Crippen LogP contribution in [0.4, 0.5) is 8.78 Å². The van der Waals surface area contributed by atoms with Crippen LogP contribution in [0.5, 0.6) is 5.75 Å². The molecule has 0 bridgehead atoms. The van der Waals surface area contributed by atoms with Gasteiger partial charge in [-0.3, -0.25) is 0 Å². The number of halogens is 2. The molecule has 2 aromatic carbocycles. The molecule has 0 aromatic heterocycles. The lowest BCUT2D eigenvalue weighted by Crippen LogP contribution is -2.13. The molecule has 2 aromatic rings. The van der Waals surface area contributed by atoms with E-state index in [9.17, 15) is 8.78 Å². The highest BCUT2D eigenvalue weighted by atomic mass is 19.2. The van der Waals surface area contributed by atoms with Crippen LogP contribution in [0.1, 0.15) is 76.2 Å². The summed E-state index contributed by atoms with van der Waals surface area (Å²) in [5, 5.41) is 0. The highest BCUT2D eigenvalue weighted by Crippen LogP contribution is 2.38. The zero-order valence-corrected chi connectivity index (χ0v) is 17.1. The lowest BCUT2D eigenvalue weighted by Gasteiger charge is -2.29. The number of ether oxygens (including phenoxy) is 1. The first-order valence-electron chi connectivity index (χ1n) is 10.8. The Morgan fingerprint density at radius 2 is 1.57 bits per heavy atom. The molecule has 3 rings (SSSR count). The lowest BCUT2D eigenvalue weighted by molar-refractivity contribution is 0.302. The van der Waals surface area contributed by atoms with Crippen molar-refractivity contribution < 1.29 is 13.5 Å². The van der Waals surface area contributed by atoms with E-state index in [1.165, 1.54) is 76.5 Å². The summed E-state index contributed by atoms with van der Waals surface area (Å²) in [5.74, 6) is -0.358. The number of hydrogen-bond acceptors (Lipinski definition) is 1. The molecule has 0 atom stereocenters. The molecule has 0 spiro atoms. The van der Waals surface area contributed by atoms with Gasteiger partial charge in [-0.25, -0.2) is 4.39 Å². The second-order valence-electron chi connectivity index (χ2n) is 8.13. The van der Waals surface area contributed by atoms with Gasteiger partial charge in [0.05, 0.1) is 7.11 Å². The third kappa shape index (κ3) is 4.92. The van der Waals surface area contributed by atoms with E-state index >= 15 is 0 Å². The van der Waals surface area contributed by atoms with Gasteiger partial charge in [-0.2, -0.15) is 4.39 Å². The van der Waals surface area contributed by atoms with Crippen LogP contribution in [0.25, 0.3) is 11.1 Å². The molecule has 0 unspecified atom stereocenters. The van der Waals surface area contributed by atoms with Crippen LogP contribution in [0.3, 0.4) is 0 Å². The molecule has 152 valence electrons. The third-order valence-corrected chi connectivity index (χ3v) is 6.27. The molecule has 1 aliphatic carbocycles. The van der Waals surface area contributed by atoms with Crippen LogP contribution in [-0.4, -0.2) is 7.11 Å². The first-order chi connectivity index (χ1) is 13.6. The monoisotopic (exact) mass is 386 g/mol. The van der Waals surface area contributed by atoms with Gasteiger partial charge in [0.2, 0.25) is 5.82 Å². The van der Waals surface area contributed by atoms with Crippen molar-refractivity contribution in [3.8, 4) is 16.9 Å². The number of methoxy groups -OCH3 is 1. The number of hydrogen-bond donors (Lipinski definition) is 0. The van der Waals surface area contributed by atoms with E-state index in [4.69, 9.17) is 4.74 Å². The van der Waals surface area contributed by atoms with Crippen molar-refractivity contribution in [2.45, 2.75) is 70.6 Å². The predicted octanol–water partition coefficient (Wildman–Crippen LogP) is 7.88. The van der Waals surface area contributed by atoms with Crippen molar-refractivity contribution in [1.82, 2.24) is 0 Å². The first-order valence-corrected chi connectivity index (χ1v) is 10.8. The Bertz CT molecular complexity index is 746. The molecular weight excluding hydrogens is 354 g/mol. The Balaban J connectivity index is 1.59. The number of rotatable bonds is 8. The normalized spacial score (nSPS) is 19.6. The van der Waals surface area contributed by atoms with Crippen molar-refractivity contribution in [3.05, 3.63) is 53.6 Å². The van der Waals surface area contributed by atoms with E-state index in [-0.39, 0.29) is 11.3 Å². The van der Waals surface area contributed by atoms with Crippen LogP contribution in [-0.2, 0) is 0 Å². The summed E-state index contributed by atoms with van der Waals surface area (Å²) >= 11 is 0. The maximum atomic E-state index is 14.3. The Morgan fingerprint density at radius 1 is 0.857 bits per heavy atom. The molecule has 1 saturated carbocycles. The van der Waals surface area contributed by atoms with E-state index < -0.39 is 11.6 Å². The fourth-order valence-electron chi connectivity index (χ4n) is 4.49. The van der Waals surface area contributed by atoms with Crippen molar-refractivity contribution in [3.63, 3.8) is 0 Å². The van der Waals surface area contributed by atoms with Crippen LogP contribution in [0, 0.1) is 17.6 Å². The van der Waals surface area contributed by atoms with E-state index in [0.29, 0.717) is 11.5 Å². The van der Waals surface area contributed by atoms with Gasteiger partial charge in [-0.1, -0.05) is 63.3 Å². The van der Waals surface area contributed by atoms with Gasteiger partial charge in [-0.15, -0.1) is 0 Å². The Labute approximate surface area is 168 Å². The van der Waals surface area contributed by atoms with Gasteiger partial charge in [0.25, 0.3) is 0 Å². The molecule has 1 nitrogen and oxygen atoms in total. The van der Waals surface area contributed by atoms with Crippen molar-refractivity contribution in [2.24, 2.45) is 5.92 Å². The Morgan fingerprint density at radius 3 is 2.21 bits per heavy atom. The largest absolute Gasteiger partial charge is 0.494 e. The molecule has 0 heterocycles. The van der Waals surface area contributed by atoms with Gasteiger partial charge in [-0.05, 0) is 60.8 Å². The molecule has 0 radical (unpaired) electrons. The molecule has 1 fully saturated rings.